The smallest absolute Gasteiger partial charge is 0.127 e. The number of para-hydroxylation sites is 1. The zero-order valence-electron chi connectivity index (χ0n) is 10.1. The van der Waals surface area contributed by atoms with E-state index in [1.807, 2.05) is 54.6 Å². The van der Waals surface area contributed by atoms with E-state index in [1.165, 1.54) is 0 Å². The second-order valence-corrected chi connectivity index (χ2v) is 4.10. The van der Waals surface area contributed by atoms with E-state index in [0.29, 0.717) is 6.42 Å². The number of aliphatic hydroxyl groups excluding tert-OH is 1. The molecule has 0 heterocycles. The van der Waals surface area contributed by atoms with E-state index in [0.717, 1.165) is 17.1 Å². The molecule has 0 saturated heterocycles. The van der Waals surface area contributed by atoms with E-state index in [2.05, 4.69) is 0 Å². The normalized spacial score (nSPS) is 12.1. The van der Waals surface area contributed by atoms with E-state index < -0.39 is 0 Å². The van der Waals surface area contributed by atoms with Crippen LogP contribution in [0.15, 0.2) is 54.6 Å². The highest BCUT2D eigenvalue weighted by Crippen LogP contribution is 2.23. The van der Waals surface area contributed by atoms with Crippen molar-refractivity contribution in [3.63, 3.8) is 0 Å². The van der Waals surface area contributed by atoms with Gasteiger partial charge in [0.05, 0.1) is 0 Å². The number of rotatable bonds is 5. The molecule has 0 aliphatic heterocycles. The first-order valence-corrected chi connectivity index (χ1v) is 5.99. The summed E-state index contributed by atoms with van der Waals surface area (Å²) in [5, 5.41) is 8.84. The molecule has 0 aromatic heterocycles. The largest absolute Gasteiger partial charge is 0.457 e. The van der Waals surface area contributed by atoms with Crippen LogP contribution in [0.3, 0.4) is 0 Å². The minimum atomic E-state index is -0.124. The molecule has 0 radical (unpaired) electrons. The standard InChI is InChI=1S/C15H17NO2/c16-15(10-11-17)12-6-8-14(9-7-12)18-13-4-2-1-3-5-13/h1-9,15,17H,10-11,16H2. The maximum atomic E-state index is 8.84. The molecule has 0 amide bonds. The molecule has 0 bridgehead atoms. The highest BCUT2D eigenvalue weighted by Gasteiger charge is 2.05. The van der Waals surface area contributed by atoms with Gasteiger partial charge in [-0.3, -0.25) is 0 Å². The maximum Gasteiger partial charge on any atom is 0.127 e. The molecule has 3 nitrogen and oxygen atoms in total. The summed E-state index contributed by atoms with van der Waals surface area (Å²) in [6, 6.07) is 17.1. The molecule has 3 N–H and O–H groups in total. The van der Waals surface area contributed by atoms with Crippen molar-refractivity contribution in [2.24, 2.45) is 5.73 Å². The zero-order chi connectivity index (χ0) is 12.8. The van der Waals surface area contributed by atoms with E-state index in [-0.39, 0.29) is 12.6 Å². The fraction of sp³-hybridized carbons (Fsp3) is 0.200. The average molecular weight is 243 g/mol. The number of hydrogen-bond donors (Lipinski definition) is 2. The van der Waals surface area contributed by atoms with Gasteiger partial charge in [0.2, 0.25) is 0 Å². The van der Waals surface area contributed by atoms with Gasteiger partial charge >= 0.3 is 0 Å². The van der Waals surface area contributed by atoms with E-state index in [9.17, 15) is 0 Å². The van der Waals surface area contributed by atoms with E-state index in [1.54, 1.807) is 0 Å². The van der Waals surface area contributed by atoms with Gasteiger partial charge in [-0.1, -0.05) is 30.3 Å². The van der Waals surface area contributed by atoms with Crippen LogP contribution in [0.4, 0.5) is 0 Å². The van der Waals surface area contributed by atoms with Gasteiger partial charge in [-0.05, 0) is 36.2 Å². The van der Waals surface area contributed by atoms with Crippen molar-refractivity contribution >= 4 is 0 Å². The van der Waals surface area contributed by atoms with Crippen LogP contribution in [0.5, 0.6) is 11.5 Å². The minimum Gasteiger partial charge on any atom is -0.457 e. The third-order valence-electron chi connectivity index (χ3n) is 2.73. The van der Waals surface area contributed by atoms with Gasteiger partial charge in [0, 0.05) is 12.6 Å². The van der Waals surface area contributed by atoms with Crippen molar-refractivity contribution in [2.45, 2.75) is 12.5 Å². The van der Waals surface area contributed by atoms with Crippen molar-refractivity contribution < 1.29 is 9.84 Å². The molecule has 1 atom stereocenters. The predicted molar refractivity (Wildman–Crippen MR) is 71.6 cm³/mol. The van der Waals surface area contributed by atoms with Crippen LogP contribution >= 0.6 is 0 Å². The first kappa shape index (κ1) is 12.6. The van der Waals surface area contributed by atoms with Crippen LogP contribution in [0.1, 0.15) is 18.0 Å². The lowest BCUT2D eigenvalue weighted by molar-refractivity contribution is 0.276. The maximum absolute atomic E-state index is 8.84. The Balaban J connectivity index is 2.04. The van der Waals surface area contributed by atoms with Crippen LogP contribution in [-0.4, -0.2) is 11.7 Å². The number of aliphatic hydroxyl groups is 1. The Morgan fingerprint density at radius 1 is 0.944 bits per heavy atom. The number of nitrogens with two attached hydrogens (primary N) is 1. The fourth-order valence-electron chi connectivity index (χ4n) is 1.71. The Bertz CT molecular complexity index is 468. The van der Waals surface area contributed by atoms with Crippen LogP contribution < -0.4 is 10.5 Å². The third kappa shape index (κ3) is 3.32. The van der Waals surface area contributed by atoms with Crippen LogP contribution in [0.2, 0.25) is 0 Å². The number of hydrogen-bond acceptors (Lipinski definition) is 3. The summed E-state index contributed by atoms with van der Waals surface area (Å²) in [7, 11) is 0. The second kappa shape index (κ2) is 6.19. The molecule has 0 saturated carbocycles. The van der Waals surface area contributed by atoms with Crippen LogP contribution in [0.25, 0.3) is 0 Å². The molecule has 0 spiro atoms. The SMILES string of the molecule is NC(CCO)c1ccc(Oc2ccccc2)cc1. The van der Waals surface area contributed by atoms with E-state index >= 15 is 0 Å². The molecule has 94 valence electrons. The molecule has 2 rings (SSSR count). The summed E-state index contributed by atoms with van der Waals surface area (Å²) in [4.78, 5) is 0. The van der Waals surface area contributed by atoms with Gasteiger partial charge < -0.3 is 15.6 Å². The lowest BCUT2D eigenvalue weighted by Crippen LogP contribution is -2.11. The van der Waals surface area contributed by atoms with Gasteiger partial charge in [0.25, 0.3) is 0 Å². The summed E-state index contributed by atoms with van der Waals surface area (Å²) in [6.45, 7) is 0.101. The Labute approximate surface area is 107 Å². The van der Waals surface area contributed by atoms with Crippen molar-refractivity contribution in [3.8, 4) is 11.5 Å². The molecular weight excluding hydrogens is 226 g/mol. The number of benzene rings is 2. The average Bonchev–Trinajstić information content (AvgIpc) is 2.41. The molecule has 0 fully saturated rings. The Hall–Kier alpha value is -1.84. The second-order valence-electron chi connectivity index (χ2n) is 4.10. The van der Waals surface area contributed by atoms with Gasteiger partial charge in [-0.15, -0.1) is 0 Å². The highest BCUT2D eigenvalue weighted by atomic mass is 16.5. The molecule has 0 aliphatic carbocycles. The molecule has 0 aliphatic rings. The van der Waals surface area contributed by atoms with Gasteiger partial charge in [0.1, 0.15) is 11.5 Å². The van der Waals surface area contributed by atoms with Gasteiger partial charge in [-0.25, -0.2) is 0 Å². The first-order chi connectivity index (χ1) is 8.79. The molecule has 18 heavy (non-hydrogen) atoms. The summed E-state index contributed by atoms with van der Waals surface area (Å²) < 4.78 is 5.68. The van der Waals surface area contributed by atoms with Crippen molar-refractivity contribution in [1.82, 2.24) is 0 Å². The summed E-state index contributed by atoms with van der Waals surface area (Å²) in [5.74, 6) is 1.59. The van der Waals surface area contributed by atoms with Crippen molar-refractivity contribution in [1.29, 1.82) is 0 Å². The third-order valence-corrected chi connectivity index (χ3v) is 2.73. The van der Waals surface area contributed by atoms with Gasteiger partial charge in [0.15, 0.2) is 0 Å². The van der Waals surface area contributed by atoms with Crippen molar-refractivity contribution in [3.05, 3.63) is 60.2 Å². The number of ether oxygens (including phenoxy) is 1. The lowest BCUT2D eigenvalue weighted by atomic mass is 10.1. The molecule has 2 aromatic carbocycles. The Morgan fingerprint density at radius 3 is 2.17 bits per heavy atom. The molecule has 2 aromatic rings. The Morgan fingerprint density at radius 2 is 1.56 bits per heavy atom. The summed E-state index contributed by atoms with van der Waals surface area (Å²) >= 11 is 0. The predicted octanol–water partition coefficient (Wildman–Crippen LogP) is 2.86. The Kier molecular flexibility index (Phi) is 4.34. The summed E-state index contributed by atoms with van der Waals surface area (Å²) in [5.41, 5.74) is 6.91. The quantitative estimate of drug-likeness (QED) is 0.849. The topological polar surface area (TPSA) is 55.5 Å². The fourth-order valence-corrected chi connectivity index (χ4v) is 1.71. The highest BCUT2D eigenvalue weighted by molar-refractivity contribution is 5.33. The minimum absolute atomic E-state index is 0.101. The zero-order valence-corrected chi connectivity index (χ0v) is 10.1. The molecular formula is C15H17NO2. The van der Waals surface area contributed by atoms with Gasteiger partial charge in [-0.2, -0.15) is 0 Å². The monoisotopic (exact) mass is 243 g/mol. The van der Waals surface area contributed by atoms with Crippen LogP contribution in [0, 0.1) is 0 Å². The summed E-state index contributed by atoms with van der Waals surface area (Å²) in [6.07, 6.45) is 0.568. The van der Waals surface area contributed by atoms with Crippen molar-refractivity contribution in [2.75, 3.05) is 6.61 Å². The first-order valence-electron chi connectivity index (χ1n) is 5.99. The van der Waals surface area contributed by atoms with Crippen LogP contribution in [-0.2, 0) is 0 Å². The lowest BCUT2D eigenvalue weighted by Gasteiger charge is -2.11. The molecule has 1 unspecified atom stereocenters. The van der Waals surface area contributed by atoms with E-state index in [4.69, 9.17) is 15.6 Å². The molecule has 3 heteroatoms.